The summed E-state index contributed by atoms with van der Waals surface area (Å²) in [5.41, 5.74) is 1.43. The molecule has 0 saturated heterocycles. The average molecular weight is 307 g/mol. The maximum absolute atomic E-state index is 8.80. The van der Waals surface area contributed by atoms with Crippen LogP contribution in [0.3, 0.4) is 0 Å². The number of pyridine rings is 1. The van der Waals surface area contributed by atoms with Crippen LogP contribution in [0.25, 0.3) is 0 Å². The van der Waals surface area contributed by atoms with Crippen molar-refractivity contribution in [1.82, 2.24) is 4.98 Å². The van der Waals surface area contributed by atoms with E-state index >= 15 is 0 Å². The molecule has 5 nitrogen and oxygen atoms in total. The Kier molecular flexibility index (Phi) is 3.30. The Bertz CT molecular complexity index is 759. The second kappa shape index (κ2) is 5.47. The van der Waals surface area contributed by atoms with Crippen LogP contribution in [-0.4, -0.2) is 10.8 Å². The fourth-order valence-electron chi connectivity index (χ4n) is 3.15. The van der Waals surface area contributed by atoms with Gasteiger partial charge in [-0.2, -0.15) is 5.26 Å². The largest absolute Gasteiger partial charge is 0.448 e. The molecule has 1 aliphatic heterocycles. The van der Waals surface area contributed by atoms with Crippen LogP contribution in [0, 0.1) is 11.3 Å². The zero-order chi connectivity index (χ0) is 15.7. The number of nitriles is 1. The van der Waals surface area contributed by atoms with Crippen molar-refractivity contribution in [3.63, 3.8) is 0 Å². The standard InChI is InChI=1S/C18H17N3O2/c19-11-13-4-7-17(20-12-13)21-14-5-6-15-16(10-14)23-18(22-15)8-2-1-3-9-18/h4-7,10,12H,1-3,8-9H2,(H,20,21). The third-order valence-electron chi connectivity index (χ3n) is 4.32. The molecule has 1 spiro atoms. The van der Waals surface area contributed by atoms with Gasteiger partial charge in [0.15, 0.2) is 11.5 Å². The molecule has 23 heavy (non-hydrogen) atoms. The van der Waals surface area contributed by atoms with Crippen LogP contribution >= 0.6 is 0 Å². The average Bonchev–Trinajstić information content (AvgIpc) is 2.93. The second-order valence-electron chi connectivity index (χ2n) is 6.01. The number of nitrogens with zero attached hydrogens (tertiary/aromatic N) is 2. The maximum atomic E-state index is 8.80. The van der Waals surface area contributed by atoms with Gasteiger partial charge in [-0.05, 0) is 37.1 Å². The smallest absolute Gasteiger partial charge is 0.251 e. The van der Waals surface area contributed by atoms with Gasteiger partial charge in [0.25, 0.3) is 5.79 Å². The lowest BCUT2D eigenvalue weighted by Gasteiger charge is -2.31. The van der Waals surface area contributed by atoms with Crippen molar-refractivity contribution in [2.24, 2.45) is 0 Å². The molecule has 1 saturated carbocycles. The van der Waals surface area contributed by atoms with E-state index in [0.717, 1.165) is 42.9 Å². The molecule has 4 rings (SSSR count). The normalized spacial score (nSPS) is 17.7. The van der Waals surface area contributed by atoms with E-state index in [-0.39, 0.29) is 0 Å². The lowest BCUT2D eigenvalue weighted by atomic mass is 9.94. The summed E-state index contributed by atoms with van der Waals surface area (Å²) in [6.45, 7) is 0. The first kappa shape index (κ1) is 13.9. The number of ether oxygens (including phenoxy) is 2. The number of rotatable bonds is 2. The number of hydrogen-bond donors (Lipinski definition) is 1. The molecule has 1 N–H and O–H groups in total. The summed E-state index contributed by atoms with van der Waals surface area (Å²) in [5, 5.41) is 12.0. The lowest BCUT2D eigenvalue weighted by Crippen LogP contribution is -2.40. The molecular weight excluding hydrogens is 290 g/mol. The zero-order valence-corrected chi connectivity index (χ0v) is 12.7. The van der Waals surface area contributed by atoms with Crippen molar-refractivity contribution in [3.05, 3.63) is 42.1 Å². The molecule has 0 atom stereocenters. The molecule has 2 aromatic rings. The Morgan fingerprint density at radius 1 is 1.04 bits per heavy atom. The maximum Gasteiger partial charge on any atom is 0.251 e. The number of fused-ring (bicyclic) bond motifs is 1. The predicted molar refractivity (Wildman–Crippen MR) is 85.7 cm³/mol. The van der Waals surface area contributed by atoms with Gasteiger partial charge in [-0.15, -0.1) is 0 Å². The highest BCUT2D eigenvalue weighted by molar-refractivity contribution is 5.62. The number of anilines is 2. The third-order valence-corrected chi connectivity index (χ3v) is 4.32. The minimum absolute atomic E-state index is 0.452. The van der Waals surface area contributed by atoms with Gasteiger partial charge in [0.1, 0.15) is 11.9 Å². The molecule has 116 valence electrons. The summed E-state index contributed by atoms with van der Waals surface area (Å²) in [4.78, 5) is 4.22. The SMILES string of the molecule is N#Cc1ccc(Nc2ccc3c(c2)OC2(CCCCC2)O3)nc1. The number of hydrogen-bond acceptors (Lipinski definition) is 5. The predicted octanol–water partition coefficient (Wildman–Crippen LogP) is 4.13. The minimum Gasteiger partial charge on any atom is -0.448 e. The topological polar surface area (TPSA) is 67.2 Å². The van der Waals surface area contributed by atoms with Crippen molar-refractivity contribution in [1.29, 1.82) is 5.26 Å². The van der Waals surface area contributed by atoms with Gasteiger partial charge in [0.05, 0.1) is 5.56 Å². The van der Waals surface area contributed by atoms with Crippen LogP contribution < -0.4 is 14.8 Å². The highest BCUT2D eigenvalue weighted by atomic mass is 16.7. The first-order valence-corrected chi connectivity index (χ1v) is 7.92. The fourth-order valence-corrected chi connectivity index (χ4v) is 3.15. The van der Waals surface area contributed by atoms with E-state index in [0.29, 0.717) is 11.4 Å². The molecule has 1 aromatic heterocycles. The number of nitrogens with one attached hydrogen (secondary N) is 1. The molecular formula is C18H17N3O2. The van der Waals surface area contributed by atoms with Gasteiger partial charge in [-0.25, -0.2) is 4.98 Å². The molecule has 2 aliphatic rings. The van der Waals surface area contributed by atoms with Gasteiger partial charge >= 0.3 is 0 Å². The summed E-state index contributed by atoms with van der Waals surface area (Å²) in [6.07, 6.45) is 6.99. The highest BCUT2D eigenvalue weighted by Gasteiger charge is 2.42. The minimum atomic E-state index is -0.452. The van der Waals surface area contributed by atoms with Crippen molar-refractivity contribution in [2.45, 2.75) is 37.9 Å². The van der Waals surface area contributed by atoms with E-state index in [1.807, 2.05) is 18.2 Å². The van der Waals surface area contributed by atoms with Gasteiger partial charge in [-0.1, -0.05) is 6.42 Å². The van der Waals surface area contributed by atoms with Gasteiger partial charge in [0, 0.05) is 30.8 Å². The second-order valence-corrected chi connectivity index (χ2v) is 6.01. The molecule has 1 aromatic carbocycles. The molecule has 0 unspecified atom stereocenters. The zero-order valence-electron chi connectivity index (χ0n) is 12.7. The van der Waals surface area contributed by atoms with Crippen LogP contribution in [0.4, 0.5) is 11.5 Å². The summed E-state index contributed by atoms with van der Waals surface area (Å²) in [7, 11) is 0. The summed E-state index contributed by atoms with van der Waals surface area (Å²) < 4.78 is 12.2. The summed E-state index contributed by atoms with van der Waals surface area (Å²) in [6, 6.07) is 11.4. The van der Waals surface area contributed by atoms with Crippen molar-refractivity contribution in [2.75, 3.05) is 5.32 Å². The molecule has 0 bridgehead atoms. The molecule has 0 amide bonds. The molecule has 0 radical (unpaired) electrons. The van der Waals surface area contributed by atoms with Crippen LogP contribution in [0.1, 0.15) is 37.7 Å². The van der Waals surface area contributed by atoms with E-state index in [1.165, 1.54) is 6.42 Å². The highest BCUT2D eigenvalue weighted by Crippen LogP contribution is 2.46. The number of aromatic nitrogens is 1. The van der Waals surface area contributed by atoms with Crippen molar-refractivity contribution >= 4 is 11.5 Å². The Morgan fingerprint density at radius 3 is 2.61 bits per heavy atom. The van der Waals surface area contributed by atoms with E-state index in [9.17, 15) is 0 Å². The first-order valence-electron chi connectivity index (χ1n) is 7.92. The third kappa shape index (κ3) is 2.68. The van der Waals surface area contributed by atoms with Gasteiger partial charge in [-0.3, -0.25) is 0 Å². The van der Waals surface area contributed by atoms with Gasteiger partial charge in [0.2, 0.25) is 0 Å². The van der Waals surface area contributed by atoms with E-state index in [1.54, 1.807) is 18.3 Å². The Labute approximate surface area is 134 Å². The van der Waals surface area contributed by atoms with Crippen LogP contribution in [-0.2, 0) is 0 Å². The molecule has 2 heterocycles. The van der Waals surface area contributed by atoms with Crippen LogP contribution in [0.2, 0.25) is 0 Å². The molecule has 1 fully saturated rings. The quantitative estimate of drug-likeness (QED) is 0.903. The van der Waals surface area contributed by atoms with Crippen LogP contribution in [0.5, 0.6) is 11.5 Å². The Balaban J connectivity index is 1.52. The fraction of sp³-hybridized carbons (Fsp3) is 0.333. The van der Waals surface area contributed by atoms with E-state index in [2.05, 4.69) is 16.4 Å². The Morgan fingerprint density at radius 2 is 1.87 bits per heavy atom. The van der Waals surface area contributed by atoms with Crippen LogP contribution in [0.15, 0.2) is 36.5 Å². The molecule has 1 aliphatic carbocycles. The monoisotopic (exact) mass is 307 g/mol. The lowest BCUT2D eigenvalue weighted by molar-refractivity contribution is -0.105. The van der Waals surface area contributed by atoms with Gasteiger partial charge < -0.3 is 14.8 Å². The van der Waals surface area contributed by atoms with Crippen molar-refractivity contribution < 1.29 is 9.47 Å². The van der Waals surface area contributed by atoms with Crippen molar-refractivity contribution in [3.8, 4) is 17.6 Å². The summed E-state index contributed by atoms with van der Waals surface area (Å²) >= 11 is 0. The summed E-state index contributed by atoms with van der Waals surface area (Å²) in [5.74, 6) is 1.83. The Hall–Kier alpha value is -2.74. The first-order chi connectivity index (χ1) is 11.3. The van der Waals surface area contributed by atoms with E-state index in [4.69, 9.17) is 14.7 Å². The number of benzene rings is 1. The molecule has 5 heteroatoms. The van der Waals surface area contributed by atoms with E-state index < -0.39 is 5.79 Å².